The average Bonchev–Trinajstić information content (AvgIpc) is 3.81. The van der Waals surface area contributed by atoms with E-state index in [1.807, 2.05) is 0 Å². The van der Waals surface area contributed by atoms with Gasteiger partial charge in [-0.3, -0.25) is 19.2 Å². The van der Waals surface area contributed by atoms with Crippen molar-refractivity contribution in [2.45, 2.75) is 504 Å². The summed E-state index contributed by atoms with van der Waals surface area (Å²) >= 11 is 0. The van der Waals surface area contributed by atoms with E-state index in [2.05, 4.69) is 51.5 Å². The normalized spacial score (nSPS) is 11.3. The van der Waals surface area contributed by atoms with E-state index in [0.717, 1.165) is 83.6 Å². The van der Waals surface area contributed by atoms with Gasteiger partial charge in [0.15, 0.2) is 0 Å². The van der Waals surface area contributed by atoms with E-state index >= 15 is 0 Å². The molecule has 0 saturated heterocycles. The van der Waals surface area contributed by atoms with Crippen LogP contribution in [0.1, 0.15) is 497 Å². The zero-order valence-corrected chi connectivity index (χ0v) is 67.8. The minimum atomic E-state index is -0.505. The van der Waals surface area contributed by atoms with Gasteiger partial charge in [-0.2, -0.15) is 0 Å². The Morgan fingerprint density at radius 1 is 0.313 bits per heavy atom. The van der Waals surface area contributed by atoms with E-state index in [1.165, 1.54) is 366 Å². The minimum Gasteiger partial charge on any atom is -0.466 e. The molecule has 0 fully saturated rings. The largest absolute Gasteiger partial charge is 0.466 e. The lowest BCUT2D eigenvalue weighted by atomic mass is 10.0. The molecular formula is C88H178N2O9. The van der Waals surface area contributed by atoms with Crippen LogP contribution in [0.5, 0.6) is 0 Å². The first kappa shape index (κ1) is 105. The molecule has 0 amide bonds. The number of ether oxygens (including phenoxy) is 3. The van der Waals surface area contributed by atoms with Crippen LogP contribution in [0.25, 0.3) is 0 Å². The summed E-state index contributed by atoms with van der Waals surface area (Å²) in [5, 5.41) is 18.4. The fourth-order valence-electron chi connectivity index (χ4n) is 12.6. The number of aliphatic hydroxyl groups is 2. The van der Waals surface area contributed by atoms with Crippen molar-refractivity contribution in [1.82, 2.24) is 6.15 Å². The van der Waals surface area contributed by atoms with Gasteiger partial charge in [0, 0.05) is 26.2 Å². The zero-order chi connectivity index (χ0) is 72.5. The third kappa shape index (κ3) is 109. The van der Waals surface area contributed by atoms with Crippen molar-refractivity contribution >= 4 is 23.9 Å². The lowest BCUT2D eigenvalue weighted by Crippen LogP contribution is -2.08. The van der Waals surface area contributed by atoms with E-state index in [9.17, 15) is 24.3 Å². The van der Waals surface area contributed by atoms with Crippen molar-refractivity contribution in [2.75, 3.05) is 26.4 Å². The molecule has 11 heteroatoms. The highest BCUT2D eigenvalue weighted by molar-refractivity contribution is 5.83. The first-order valence-electron chi connectivity index (χ1n) is 43.8. The number of hydrogen-bond acceptors (Lipinski definition) is 11. The quantitative estimate of drug-likeness (QED) is 0.0149. The van der Waals surface area contributed by atoms with Gasteiger partial charge in [0.25, 0.3) is 0 Å². The monoisotopic (exact) mass is 1410 g/mol. The number of carbonyl (C=O) groups excluding carboxylic acids is 4. The third-order valence-electron chi connectivity index (χ3n) is 19.1. The molecule has 0 aromatic rings. The minimum absolute atomic E-state index is 0. The van der Waals surface area contributed by atoms with Crippen LogP contribution in [-0.2, 0) is 33.4 Å². The van der Waals surface area contributed by atoms with Gasteiger partial charge in [0.2, 0.25) is 0 Å². The van der Waals surface area contributed by atoms with Gasteiger partial charge in [0.1, 0.15) is 6.61 Å². The first-order valence-corrected chi connectivity index (χ1v) is 43.8. The van der Waals surface area contributed by atoms with Crippen LogP contribution in [0, 0.1) is 0 Å². The summed E-state index contributed by atoms with van der Waals surface area (Å²) in [6, 6.07) is 0. The Morgan fingerprint density at radius 2 is 0.556 bits per heavy atom. The summed E-state index contributed by atoms with van der Waals surface area (Å²) in [6.45, 7) is 14.1. The van der Waals surface area contributed by atoms with Gasteiger partial charge in [0.05, 0.1) is 19.3 Å². The number of hydrogen-bond donors (Lipinski definition) is 4. The number of aliphatic hydroxyl groups excluding tert-OH is 2. The second-order valence-electron chi connectivity index (χ2n) is 29.3. The summed E-state index contributed by atoms with van der Waals surface area (Å²) in [5.74, 6) is -1.07. The zero-order valence-electron chi connectivity index (χ0n) is 67.8. The summed E-state index contributed by atoms with van der Waals surface area (Å²) in [7, 11) is 0. The van der Waals surface area contributed by atoms with Gasteiger partial charge in [-0.05, 0) is 64.3 Å². The molecule has 594 valence electrons. The molecule has 0 spiro atoms. The van der Waals surface area contributed by atoms with E-state index in [1.54, 1.807) is 0 Å². The number of allylic oxidation sites excluding steroid dienone is 1. The van der Waals surface area contributed by atoms with Gasteiger partial charge in [-0.25, -0.2) is 0 Å². The maximum atomic E-state index is 11.9. The highest BCUT2D eigenvalue weighted by Gasteiger charge is 2.07. The summed E-state index contributed by atoms with van der Waals surface area (Å²) in [6.07, 6.45) is 94.7. The van der Waals surface area contributed by atoms with Crippen LogP contribution in [0.3, 0.4) is 0 Å². The maximum absolute atomic E-state index is 11.9. The Bertz CT molecular complexity index is 1480. The lowest BCUT2D eigenvalue weighted by molar-refractivity contribution is -0.158. The molecule has 11 nitrogen and oxygen atoms in total. The number of carbonyl (C=O) groups is 4. The molecule has 0 unspecified atom stereocenters. The van der Waals surface area contributed by atoms with Gasteiger partial charge >= 0.3 is 23.9 Å². The van der Waals surface area contributed by atoms with Crippen LogP contribution >= 0.6 is 0 Å². The molecule has 0 radical (unpaired) electrons. The molecule has 0 rings (SSSR count). The summed E-state index contributed by atoms with van der Waals surface area (Å²) in [4.78, 5) is 44.7. The predicted octanol–water partition coefficient (Wildman–Crippen LogP) is 27.9. The topological polar surface area (TPSA) is 197 Å². The highest BCUT2D eigenvalue weighted by Crippen LogP contribution is 2.19. The van der Waals surface area contributed by atoms with E-state index in [0.29, 0.717) is 25.9 Å². The maximum Gasteiger partial charge on any atom is 0.313 e. The van der Waals surface area contributed by atoms with Crippen LogP contribution in [0.4, 0.5) is 0 Å². The van der Waals surface area contributed by atoms with E-state index in [4.69, 9.17) is 20.3 Å². The summed E-state index contributed by atoms with van der Waals surface area (Å²) in [5.41, 5.74) is 5.47. The second kappa shape index (κ2) is 99.8. The third-order valence-corrected chi connectivity index (χ3v) is 19.1. The standard InChI is InChI=1S/C34H68O2.C20H38O4.C18H34O3.C16H35N.H3N/c1-3-5-7-9-11-13-15-17-19-20-22-24-26-28-30-32-34(35)36-33-31-29-27-25-23-21-18-16-14-12-10-8-6-4-2;1-2-3-4-11-14-19(22)15-12-9-7-5-6-8-10-13-16-20(23)24-18-17-21;1-3-4-5-6-7-8-9-10-11-12-13-14-15-16-18(20)21-17(2)19;1-2-3-4-5-6-7-8-9-10-11-12-13-14-15-16-17;/h3-33H2,1-2H3;9,12,19,21-22H,2-8,10-11,13-18H2,1H3;3-16H2,1-2H3;2-17H2,1H3;1H3/b;12-9-;;;/t;19-;;;/m.1.../s1. The van der Waals surface area contributed by atoms with Gasteiger partial charge in [-0.1, -0.05) is 426 Å². The van der Waals surface area contributed by atoms with Gasteiger partial charge in [-0.15, -0.1) is 0 Å². The highest BCUT2D eigenvalue weighted by atomic mass is 16.6. The van der Waals surface area contributed by atoms with E-state index in [-0.39, 0.29) is 43.4 Å². The van der Waals surface area contributed by atoms with Crippen LogP contribution in [0.15, 0.2) is 12.2 Å². The number of unbranched alkanes of at least 4 members (excludes halogenated alkanes) is 60. The molecule has 0 bridgehead atoms. The fourth-order valence-corrected chi connectivity index (χ4v) is 12.6. The Hall–Kier alpha value is -2.34. The Morgan fingerprint density at radius 3 is 0.838 bits per heavy atom. The average molecular weight is 1410 g/mol. The van der Waals surface area contributed by atoms with Crippen molar-refractivity contribution in [2.24, 2.45) is 5.73 Å². The van der Waals surface area contributed by atoms with Gasteiger partial charge < -0.3 is 36.3 Å². The van der Waals surface area contributed by atoms with E-state index < -0.39 is 5.97 Å². The lowest BCUT2D eigenvalue weighted by Gasteiger charge is -2.07. The molecule has 1 atom stereocenters. The Kier molecular flexibility index (Phi) is 106. The van der Waals surface area contributed by atoms with Crippen molar-refractivity contribution in [3.63, 3.8) is 0 Å². The number of nitrogens with two attached hydrogens (primary N) is 1. The molecule has 0 aliphatic rings. The molecule has 0 aliphatic carbocycles. The van der Waals surface area contributed by atoms with Crippen molar-refractivity contribution in [3.8, 4) is 0 Å². The smallest absolute Gasteiger partial charge is 0.313 e. The number of rotatable bonds is 76. The van der Waals surface area contributed by atoms with Crippen LogP contribution in [0.2, 0.25) is 0 Å². The predicted molar refractivity (Wildman–Crippen MR) is 431 cm³/mol. The second-order valence-corrected chi connectivity index (χ2v) is 29.3. The molecule has 0 aromatic heterocycles. The molecule has 0 aliphatic heterocycles. The SMILES string of the molecule is CCCCCCCCCCCCCCCC(=O)OC(C)=O.CCCCCCCCCCCCCCCCCC(=O)OCCCCCCCCCCCCCCCC.CCCCCCCCCCCCCCCCN.CCCCCC[C@@H](O)C/C=C\CCCCCCCC(=O)OCCO.N. The first-order chi connectivity index (χ1) is 48.1. The summed E-state index contributed by atoms with van der Waals surface area (Å²) < 4.78 is 14.7. The molecule has 0 saturated carbocycles. The molecule has 0 aromatic carbocycles. The Labute approximate surface area is 618 Å². The van der Waals surface area contributed by atoms with Crippen LogP contribution in [-0.4, -0.2) is 66.6 Å². The van der Waals surface area contributed by atoms with Crippen molar-refractivity contribution in [3.05, 3.63) is 12.2 Å². The molecular weight excluding hydrogens is 1230 g/mol. The molecule has 99 heavy (non-hydrogen) atoms. The van der Waals surface area contributed by atoms with Crippen LogP contribution < -0.4 is 11.9 Å². The fraction of sp³-hybridized carbons (Fsp3) is 0.932. The number of esters is 4. The van der Waals surface area contributed by atoms with Crippen molar-refractivity contribution in [1.29, 1.82) is 0 Å². The molecule has 0 heterocycles. The molecule has 7 N–H and O–H groups in total. The Balaban J connectivity index is -0.000000412. The van der Waals surface area contributed by atoms with Crippen molar-refractivity contribution < 1.29 is 43.6 Å².